The molecule has 3 nitrogen and oxygen atoms in total. The Balaban J connectivity index is 2.54. The lowest BCUT2D eigenvalue weighted by molar-refractivity contribution is -0.136. The third-order valence-corrected chi connectivity index (χ3v) is 2.63. The highest BCUT2D eigenvalue weighted by atomic mass is 19.4. The molecule has 1 aromatic carbocycles. The van der Waals surface area contributed by atoms with Crippen molar-refractivity contribution in [1.82, 2.24) is 15.2 Å². The third kappa shape index (κ3) is 1.44. The van der Waals surface area contributed by atoms with Crippen molar-refractivity contribution in [2.24, 2.45) is 0 Å². The van der Waals surface area contributed by atoms with Gasteiger partial charge in [0.1, 0.15) is 0 Å². The number of aromatic nitrogens is 3. The molecule has 0 radical (unpaired) electrons. The first-order chi connectivity index (χ1) is 8.07. The summed E-state index contributed by atoms with van der Waals surface area (Å²) in [6.07, 6.45) is -1.75. The van der Waals surface area contributed by atoms with E-state index in [0.717, 1.165) is 12.3 Å². The molecule has 3 rings (SSSR count). The number of halogens is 3. The van der Waals surface area contributed by atoms with E-state index in [2.05, 4.69) is 15.2 Å². The minimum atomic E-state index is -4.40. The van der Waals surface area contributed by atoms with Crippen molar-refractivity contribution in [1.29, 1.82) is 0 Å². The summed E-state index contributed by atoms with van der Waals surface area (Å²) in [5.41, 5.74) is -0.0307. The molecule has 0 unspecified atom stereocenters. The number of H-pyrrole nitrogens is 1. The molecule has 2 heterocycles. The van der Waals surface area contributed by atoms with Crippen LogP contribution in [0.4, 0.5) is 13.2 Å². The first kappa shape index (κ1) is 10.1. The topological polar surface area (TPSA) is 41.6 Å². The lowest BCUT2D eigenvalue weighted by Crippen LogP contribution is -2.06. The molecular formula is C11H6F3N3. The highest BCUT2D eigenvalue weighted by Crippen LogP contribution is 2.36. The molecule has 86 valence electrons. The molecule has 0 saturated carbocycles. The molecule has 0 amide bonds. The highest BCUT2D eigenvalue weighted by molar-refractivity contribution is 6.05. The molecule has 0 atom stereocenters. The van der Waals surface area contributed by atoms with Gasteiger partial charge < -0.3 is 0 Å². The molecule has 2 aromatic heterocycles. The van der Waals surface area contributed by atoms with Crippen molar-refractivity contribution in [3.05, 3.63) is 36.2 Å². The lowest BCUT2D eigenvalue weighted by Gasteiger charge is -2.10. The van der Waals surface area contributed by atoms with E-state index in [4.69, 9.17) is 0 Å². The van der Waals surface area contributed by atoms with Crippen molar-refractivity contribution in [2.45, 2.75) is 6.18 Å². The maximum Gasteiger partial charge on any atom is 0.417 e. The summed E-state index contributed by atoms with van der Waals surface area (Å²) in [6, 6.07) is 4.22. The molecule has 1 N–H and O–H groups in total. The Morgan fingerprint density at radius 3 is 2.71 bits per heavy atom. The predicted octanol–water partition coefficient (Wildman–Crippen LogP) is 3.13. The Kier molecular flexibility index (Phi) is 1.89. The van der Waals surface area contributed by atoms with E-state index < -0.39 is 11.7 Å². The summed E-state index contributed by atoms with van der Waals surface area (Å²) in [5.74, 6) is 0. The molecule has 3 aromatic rings. The molecule has 6 heteroatoms. The summed E-state index contributed by atoms with van der Waals surface area (Å²) in [5, 5.41) is 7.04. The number of benzene rings is 1. The molecule has 0 aliphatic carbocycles. The van der Waals surface area contributed by atoms with E-state index >= 15 is 0 Å². The van der Waals surface area contributed by atoms with E-state index in [1.807, 2.05) is 0 Å². The zero-order valence-electron chi connectivity index (χ0n) is 8.42. The van der Waals surface area contributed by atoms with Gasteiger partial charge in [-0.2, -0.15) is 18.3 Å². The van der Waals surface area contributed by atoms with Gasteiger partial charge in [0.2, 0.25) is 0 Å². The van der Waals surface area contributed by atoms with Crippen LogP contribution in [-0.2, 0) is 6.18 Å². The van der Waals surface area contributed by atoms with Crippen molar-refractivity contribution in [3.8, 4) is 0 Å². The largest absolute Gasteiger partial charge is 0.417 e. The summed E-state index contributed by atoms with van der Waals surface area (Å²) < 4.78 is 38.7. The lowest BCUT2D eigenvalue weighted by atomic mass is 10.1. The Bertz CT molecular complexity index is 700. The van der Waals surface area contributed by atoms with Crippen LogP contribution in [0, 0.1) is 0 Å². The fourth-order valence-electron chi connectivity index (χ4n) is 1.89. The van der Waals surface area contributed by atoms with E-state index in [1.54, 1.807) is 12.1 Å². The van der Waals surface area contributed by atoms with E-state index in [-0.39, 0.29) is 5.39 Å². The van der Waals surface area contributed by atoms with Crippen LogP contribution in [-0.4, -0.2) is 15.2 Å². The number of pyridine rings is 1. The van der Waals surface area contributed by atoms with Crippen LogP contribution in [0.5, 0.6) is 0 Å². The molecule has 0 saturated heterocycles. The third-order valence-electron chi connectivity index (χ3n) is 2.63. The maximum absolute atomic E-state index is 12.9. The second-order valence-electron chi connectivity index (χ2n) is 3.65. The van der Waals surface area contributed by atoms with E-state index in [1.165, 1.54) is 6.20 Å². The van der Waals surface area contributed by atoms with Gasteiger partial charge >= 0.3 is 6.18 Å². The van der Waals surface area contributed by atoms with Gasteiger partial charge in [-0.1, -0.05) is 0 Å². The van der Waals surface area contributed by atoms with Crippen LogP contribution >= 0.6 is 0 Å². The zero-order valence-corrected chi connectivity index (χ0v) is 8.42. The van der Waals surface area contributed by atoms with Crippen molar-refractivity contribution < 1.29 is 13.2 Å². The van der Waals surface area contributed by atoms with Gasteiger partial charge in [0, 0.05) is 17.0 Å². The van der Waals surface area contributed by atoms with Gasteiger partial charge in [0.25, 0.3) is 0 Å². The number of aromatic amines is 1. The number of fused-ring (bicyclic) bond motifs is 3. The average molecular weight is 237 g/mol. The van der Waals surface area contributed by atoms with Crippen LogP contribution in [0.1, 0.15) is 5.56 Å². The molecule has 0 aliphatic rings. The van der Waals surface area contributed by atoms with Gasteiger partial charge in [0.05, 0.1) is 22.8 Å². The number of alkyl halides is 3. The fourth-order valence-corrected chi connectivity index (χ4v) is 1.89. The van der Waals surface area contributed by atoms with Gasteiger partial charge in [-0.25, -0.2) is 0 Å². The summed E-state index contributed by atoms with van der Waals surface area (Å²) in [4.78, 5) is 3.94. The predicted molar refractivity (Wildman–Crippen MR) is 56.4 cm³/mol. The second-order valence-corrected chi connectivity index (χ2v) is 3.65. The van der Waals surface area contributed by atoms with Crippen LogP contribution in [0.15, 0.2) is 30.6 Å². The standard InChI is InChI=1S/C11H6F3N3/c12-11(13,14)7-3-4-15-8-2-1-6-5-16-17-10(6)9(7)8/h1-5H,(H,16,17). The van der Waals surface area contributed by atoms with Gasteiger partial charge in [-0.05, 0) is 18.2 Å². The number of hydrogen-bond acceptors (Lipinski definition) is 2. The maximum atomic E-state index is 12.9. The van der Waals surface area contributed by atoms with E-state index in [0.29, 0.717) is 16.4 Å². The molecule has 0 bridgehead atoms. The zero-order chi connectivity index (χ0) is 12.0. The van der Waals surface area contributed by atoms with Crippen LogP contribution in [0.3, 0.4) is 0 Å². The minimum Gasteiger partial charge on any atom is -0.277 e. The molecule has 0 fully saturated rings. The number of hydrogen-bond donors (Lipinski definition) is 1. The summed E-state index contributed by atoms with van der Waals surface area (Å²) in [6.45, 7) is 0. The second kappa shape index (κ2) is 3.19. The minimum absolute atomic E-state index is 0.0648. The van der Waals surface area contributed by atoms with Crippen LogP contribution in [0.25, 0.3) is 21.8 Å². The quantitative estimate of drug-likeness (QED) is 0.652. The SMILES string of the molecule is FC(F)(F)c1ccnc2ccc3cn[nH]c3c12. The summed E-state index contributed by atoms with van der Waals surface area (Å²) >= 11 is 0. The summed E-state index contributed by atoms with van der Waals surface area (Å²) in [7, 11) is 0. The highest BCUT2D eigenvalue weighted by Gasteiger charge is 2.33. The molecular weight excluding hydrogens is 231 g/mol. The molecule has 0 aliphatic heterocycles. The number of nitrogens with one attached hydrogen (secondary N) is 1. The Hall–Kier alpha value is -2.11. The first-order valence-electron chi connectivity index (χ1n) is 4.85. The van der Waals surface area contributed by atoms with Gasteiger partial charge in [-0.15, -0.1) is 0 Å². The Morgan fingerprint density at radius 1 is 1.12 bits per heavy atom. The number of nitrogens with zero attached hydrogens (tertiary/aromatic N) is 2. The normalized spacial score (nSPS) is 12.4. The molecule has 0 spiro atoms. The monoisotopic (exact) mass is 237 g/mol. The van der Waals surface area contributed by atoms with Gasteiger partial charge in [0.15, 0.2) is 0 Å². The first-order valence-corrected chi connectivity index (χ1v) is 4.85. The Morgan fingerprint density at radius 2 is 1.94 bits per heavy atom. The van der Waals surface area contributed by atoms with Crippen molar-refractivity contribution in [2.75, 3.05) is 0 Å². The van der Waals surface area contributed by atoms with Crippen LogP contribution < -0.4 is 0 Å². The molecule has 17 heavy (non-hydrogen) atoms. The average Bonchev–Trinajstić information content (AvgIpc) is 2.75. The smallest absolute Gasteiger partial charge is 0.277 e. The van der Waals surface area contributed by atoms with Crippen molar-refractivity contribution >= 4 is 21.8 Å². The van der Waals surface area contributed by atoms with Crippen molar-refractivity contribution in [3.63, 3.8) is 0 Å². The van der Waals surface area contributed by atoms with E-state index in [9.17, 15) is 13.2 Å². The van der Waals surface area contributed by atoms with Gasteiger partial charge in [-0.3, -0.25) is 10.1 Å². The van der Waals surface area contributed by atoms with Crippen LogP contribution in [0.2, 0.25) is 0 Å². The number of rotatable bonds is 0. The fraction of sp³-hybridized carbons (Fsp3) is 0.0909. The Labute approximate surface area is 93.3 Å².